The minimum absolute atomic E-state index is 0.131. The topological polar surface area (TPSA) is 141 Å². The highest BCUT2D eigenvalue weighted by Crippen LogP contribution is 2.54. The molecule has 1 aliphatic heterocycles. The molecule has 1 heterocycles. The van der Waals surface area contributed by atoms with Crippen LogP contribution in [-0.4, -0.2) is 53.4 Å². The molecule has 0 spiro atoms. The van der Waals surface area contributed by atoms with E-state index in [1.54, 1.807) is 30.3 Å². The molecule has 1 saturated heterocycles. The summed E-state index contributed by atoms with van der Waals surface area (Å²) in [7, 11) is -3.86. The molecule has 0 saturated carbocycles. The minimum atomic E-state index is -3.86. The molecule has 0 unspecified atom stereocenters. The number of carbonyl (C=O) groups is 3. The van der Waals surface area contributed by atoms with Crippen LogP contribution in [0.3, 0.4) is 0 Å². The van der Waals surface area contributed by atoms with Crippen LogP contribution in [0.25, 0.3) is 11.1 Å². The molecule has 3 N–H and O–H groups in total. The van der Waals surface area contributed by atoms with Gasteiger partial charge in [0.05, 0.1) is 4.90 Å². The molecule has 2 aliphatic rings. The molecule has 0 aromatic heterocycles. The van der Waals surface area contributed by atoms with Gasteiger partial charge in [-0.25, -0.2) is 8.42 Å². The van der Waals surface area contributed by atoms with Crippen molar-refractivity contribution in [2.24, 2.45) is 0 Å². The van der Waals surface area contributed by atoms with E-state index in [4.69, 9.17) is 0 Å². The van der Waals surface area contributed by atoms with E-state index in [1.807, 2.05) is 30.3 Å². The number of hydrogen-bond donors (Lipinski definition) is 3. The fraction of sp³-hybridized carbons (Fsp3) is 0.300. The third kappa shape index (κ3) is 5.00. The summed E-state index contributed by atoms with van der Waals surface area (Å²) in [5, 5.41) is 21.9. The Bertz CT molecular complexity index is 1550. The van der Waals surface area contributed by atoms with E-state index in [-0.39, 0.29) is 37.1 Å². The van der Waals surface area contributed by atoms with Crippen LogP contribution in [0.5, 0.6) is 0 Å². The van der Waals surface area contributed by atoms with Gasteiger partial charge in [-0.05, 0) is 72.2 Å². The number of hydrogen-bond acceptors (Lipinski definition) is 5. The summed E-state index contributed by atoms with van der Waals surface area (Å²) in [4.78, 5) is 36.8. The normalized spacial score (nSPS) is 17.6. The van der Waals surface area contributed by atoms with Gasteiger partial charge in [0, 0.05) is 30.5 Å². The monoisotopic (exact) mass is 562 g/mol. The van der Waals surface area contributed by atoms with Gasteiger partial charge in [0.1, 0.15) is 6.04 Å². The predicted molar refractivity (Wildman–Crippen MR) is 148 cm³/mol. The van der Waals surface area contributed by atoms with Crippen molar-refractivity contribution in [3.63, 3.8) is 0 Å². The van der Waals surface area contributed by atoms with E-state index in [9.17, 15) is 33.0 Å². The lowest BCUT2D eigenvalue weighted by Gasteiger charge is -2.32. The number of benzene rings is 3. The molecule has 10 heteroatoms. The van der Waals surface area contributed by atoms with Gasteiger partial charge in [-0.15, -0.1) is 0 Å². The van der Waals surface area contributed by atoms with Crippen molar-refractivity contribution < 1.29 is 33.0 Å². The largest absolute Gasteiger partial charge is 0.481 e. The minimum Gasteiger partial charge on any atom is -0.481 e. The maximum atomic E-state index is 13.4. The SMILES string of the molecule is O=C(O)CCC1(CCC(=O)O)c2ccccc2-c2ccc(NC(=O)[C@H]3CCCN3S(=O)(=O)c3ccccc3)cc21. The summed E-state index contributed by atoms with van der Waals surface area (Å²) in [6.45, 7) is 0.238. The average molecular weight is 563 g/mol. The molecule has 3 aromatic rings. The molecule has 0 radical (unpaired) electrons. The number of nitrogens with zero attached hydrogens (tertiary/aromatic N) is 1. The maximum absolute atomic E-state index is 13.4. The summed E-state index contributed by atoms with van der Waals surface area (Å²) in [5.41, 5.74) is 2.97. The summed E-state index contributed by atoms with van der Waals surface area (Å²) < 4.78 is 27.8. The van der Waals surface area contributed by atoms with Gasteiger partial charge in [0.15, 0.2) is 0 Å². The Morgan fingerprint density at radius 2 is 1.48 bits per heavy atom. The van der Waals surface area contributed by atoms with Crippen molar-refractivity contribution in [3.8, 4) is 11.1 Å². The van der Waals surface area contributed by atoms with E-state index in [0.29, 0.717) is 18.5 Å². The summed E-state index contributed by atoms with van der Waals surface area (Å²) in [6, 6.07) is 20.1. The number of rotatable bonds is 10. The van der Waals surface area contributed by atoms with E-state index in [2.05, 4.69) is 5.32 Å². The Morgan fingerprint density at radius 3 is 2.15 bits per heavy atom. The second-order valence-corrected chi connectivity index (χ2v) is 12.1. The molecular formula is C30H30N2O7S. The Kier molecular flexibility index (Phi) is 7.48. The second kappa shape index (κ2) is 10.9. The number of aliphatic carboxylic acids is 2. The highest BCUT2D eigenvalue weighted by Gasteiger charge is 2.44. The number of anilines is 1. The average Bonchev–Trinajstić information content (AvgIpc) is 3.54. The number of amides is 1. The van der Waals surface area contributed by atoms with E-state index in [1.165, 1.54) is 16.4 Å². The van der Waals surface area contributed by atoms with Crippen LogP contribution < -0.4 is 5.32 Å². The zero-order valence-corrected chi connectivity index (χ0v) is 22.6. The zero-order valence-electron chi connectivity index (χ0n) is 21.7. The maximum Gasteiger partial charge on any atom is 0.303 e. The molecule has 1 amide bonds. The van der Waals surface area contributed by atoms with Crippen LogP contribution in [0.4, 0.5) is 5.69 Å². The van der Waals surface area contributed by atoms with Gasteiger partial charge < -0.3 is 15.5 Å². The van der Waals surface area contributed by atoms with Gasteiger partial charge in [-0.3, -0.25) is 14.4 Å². The molecule has 1 atom stereocenters. The first-order chi connectivity index (χ1) is 19.1. The van der Waals surface area contributed by atoms with Crippen molar-refractivity contribution >= 4 is 33.6 Å². The predicted octanol–water partition coefficient (Wildman–Crippen LogP) is 4.47. The van der Waals surface area contributed by atoms with Crippen LogP contribution in [-0.2, 0) is 29.8 Å². The summed E-state index contributed by atoms with van der Waals surface area (Å²) >= 11 is 0. The lowest BCUT2D eigenvalue weighted by molar-refractivity contribution is -0.137. The first kappa shape index (κ1) is 27.5. The first-order valence-corrected chi connectivity index (χ1v) is 14.6. The molecule has 208 valence electrons. The Morgan fingerprint density at radius 1 is 0.850 bits per heavy atom. The standard InChI is InChI=1S/C30H30N2O7S/c33-27(34)14-16-30(17-15-28(35)36)24-10-5-4-9-22(24)23-13-12-20(19-25(23)30)31-29(37)26-11-6-18-32(26)40(38,39)21-7-2-1-3-8-21/h1-5,7-10,12-13,19,26H,6,11,14-18H2,(H,31,37)(H,33,34)(H,35,36)/t26-/m1/s1. The van der Waals surface area contributed by atoms with Crippen molar-refractivity contribution in [3.05, 3.63) is 83.9 Å². The van der Waals surface area contributed by atoms with Crippen LogP contribution in [0.15, 0.2) is 77.7 Å². The third-order valence-corrected chi connectivity index (χ3v) is 9.85. The summed E-state index contributed by atoms with van der Waals surface area (Å²) in [5.74, 6) is -2.41. The lowest BCUT2D eigenvalue weighted by Crippen LogP contribution is -2.43. The third-order valence-electron chi connectivity index (χ3n) is 7.92. The fourth-order valence-corrected chi connectivity index (χ4v) is 7.76. The molecule has 1 aliphatic carbocycles. The number of fused-ring (bicyclic) bond motifs is 3. The van der Waals surface area contributed by atoms with Crippen LogP contribution in [0.2, 0.25) is 0 Å². The van der Waals surface area contributed by atoms with E-state index in [0.717, 1.165) is 22.3 Å². The van der Waals surface area contributed by atoms with Crippen LogP contribution >= 0.6 is 0 Å². The lowest BCUT2D eigenvalue weighted by atomic mass is 9.71. The molecule has 1 fully saturated rings. The molecule has 3 aromatic carbocycles. The highest BCUT2D eigenvalue weighted by atomic mass is 32.2. The Labute approximate surface area is 232 Å². The molecule has 0 bridgehead atoms. The molecule has 5 rings (SSSR count). The zero-order chi connectivity index (χ0) is 28.5. The van der Waals surface area contributed by atoms with Crippen molar-refractivity contribution in [2.45, 2.75) is 54.9 Å². The fourth-order valence-electron chi connectivity index (χ4n) is 6.08. The van der Waals surface area contributed by atoms with E-state index >= 15 is 0 Å². The van der Waals surface area contributed by atoms with Gasteiger partial charge in [-0.1, -0.05) is 48.5 Å². The smallest absolute Gasteiger partial charge is 0.303 e. The Hall–Kier alpha value is -4.02. The van der Waals surface area contributed by atoms with E-state index < -0.39 is 39.3 Å². The number of sulfonamides is 1. The quantitative estimate of drug-likeness (QED) is 0.331. The van der Waals surface area contributed by atoms with Gasteiger partial charge in [0.2, 0.25) is 15.9 Å². The first-order valence-electron chi connectivity index (χ1n) is 13.2. The number of nitrogens with one attached hydrogen (secondary N) is 1. The molecule has 40 heavy (non-hydrogen) atoms. The van der Waals surface area contributed by atoms with Crippen molar-refractivity contribution in [1.82, 2.24) is 4.31 Å². The number of carboxylic acid groups (broad SMARTS) is 2. The van der Waals surface area contributed by atoms with Gasteiger partial charge in [-0.2, -0.15) is 4.31 Å². The highest BCUT2D eigenvalue weighted by molar-refractivity contribution is 7.89. The number of carboxylic acids is 2. The van der Waals surface area contributed by atoms with Crippen molar-refractivity contribution in [2.75, 3.05) is 11.9 Å². The second-order valence-electron chi connectivity index (χ2n) is 10.3. The summed E-state index contributed by atoms with van der Waals surface area (Å²) in [6.07, 6.45) is 1.02. The van der Waals surface area contributed by atoms with Gasteiger partial charge in [0.25, 0.3) is 0 Å². The molecular weight excluding hydrogens is 532 g/mol. The van der Waals surface area contributed by atoms with Crippen molar-refractivity contribution in [1.29, 1.82) is 0 Å². The number of carbonyl (C=O) groups excluding carboxylic acids is 1. The molecule has 9 nitrogen and oxygen atoms in total. The van der Waals surface area contributed by atoms with Crippen LogP contribution in [0.1, 0.15) is 49.7 Å². The van der Waals surface area contributed by atoms with Crippen LogP contribution in [0, 0.1) is 0 Å². The Balaban J connectivity index is 1.48. The van der Waals surface area contributed by atoms with Gasteiger partial charge >= 0.3 is 11.9 Å².